The lowest BCUT2D eigenvalue weighted by Crippen LogP contribution is -2.24. The number of hydrogen-bond donors (Lipinski definition) is 1. The highest BCUT2D eigenvalue weighted by Gasteiger charge is 2.41. The molecule has 0 aliphatic heterocycles. The number of rotatable bonds is 7. The van der Waals surface area contributed by atoms with E-state index in [2.05, 4.69) is 5.32 Å². The summed E-state index contributed by atoms with van der Waals surface area (Å²) in [5.41, 5.74) is 0.962. The van der Waals surface area contributed by atoms with Crippen LogP contribution in [0, 0.1) is 22.0 Å². The summed E-state index contributed by atoms with van der Waals surface area (Å²) in [5.74, 6) is 1.91. The highest BCUT2D eigenvalue weighted by Crippen LogP contribution is 2.46. The fraction of sp³-hybridized carbons (Fsp3) is 0.625. The van der Waals surface area contributed by atoms with E-state index in [1.54, 1.807) is 12.1 Å². The van der Waals surface area contributed by atoms with Gasteiger partial charge in [0.2, 0.25) is 0 Å². The standard InChI is InChI=1S/C16H22N2O3/c1-10(2)21-15-9-13(7-8-14(15)18(19)20)17-16(11-3-4-11)12-5-6-12/h7-12,16-17H,3-6H2,1-2H3. The Morgan fingerprint density at radius 3 is 2.33 bits per heavy atom. The summed E-state index contributed by atoms with van der Waals surface area (Å²) in [6.45, 7) is 3.75. The first-order chi connectivity index (χ1) is 10.0. The quantitative estimate of drug-likeness (QED) is 0.609. The van der Waals surface area contributed by atoms with E-state index in [-0.39, 0.29) is 16.7 Å². The molecule has 2 fully saturated rings. The lowest BCUT2D eigenvalue weighted by Gasteiger charge is -2.20. The molecular formula is C16H22N2O3. The van der Waals surface area contributed by atoms with Gasteiger partial charge in [0.15, 0.2) is 5.75 Å². The Balaban J connectivity index is 1.79. The van der Waals surface area contributed by atoms with E-state index >= 15 is 0 Å². The fourth-order valence-electron chi connectivity index (χ4n) is 2.83. The lowest BCUT2D eigenvalue weighted by molar-refractivity contribution is -0.386. The third kappa shape index (κ3) is 3.46. The van der Waals surface area contributed by atoms with Gasteiger partial charge in [0.1, 0.15) is 0 Å². The Hall–Kier alpha value is -1.78. The zero-order chi connectivity index (χ0) is 15.0. The molecule has 1 aromatic rings. The Morgan fingerprint density at radius 2 is 1.86 bits per heavy atom. The van der Waals surface area contributed by atoms with Gasteiger partial charge in [-0.15, -0.1) is 0 Å². The van der Waals surface area contributed by atoms with Crippen LogP contribution in [0.15, 0.2) is 18.2 Å². The maximum atomic E-state index is 11.1. The molecule has 2 aliphatic carbocycles. The first kappa shape index (κ1) is 14.2. The first-order valence-electron chi connectivity index (χ1n) is 7.76. The molecule has 0 atom stereocenters. The molecule has 0 aromatic heterocycles. The van der Waals surface area contributed by atoms with Gasteiger partial charge < -0.3 is 10.1 Å². The van der Waals surface area contributed by atoms with Gasteiger partial charge in [-0.05, 0) is 57.4 Å². The number of hydrogen-bond acceptors (Lipinski definition) is 4. The molecule has 0 heterocycles. The van der Waals surface area contributed by atoms with Crippen molar-refractivity contribution >= 4 is 11.4 Å². The summed E-state index contributed by atoms with van der Waals surface area (Å²) in [6.07, 6.45) is 5.13. The molecular weight excluding hydrogens is 268 g/mol. The van der Waals surface area contributed by atoms with Crippen LogP contribution in [-0.4, -0.2) is 17.1 Å². The molecule has 21 heavy (non-hydrogen) atoms. The van der Waals surface area contributed by atoms with Crippen LogP contribution >= 0.6 is 0 Å². The first-order valence-corrected chi connectivity index (χ1v) is 7.76. The second-order valence-electron chi connectivity index (χ2n) is 6.45. The minimum atomic E-state index is -0.388. The minimum Gasteiger partial charge on any atom is -0.484 e. The van der Waals surface area contributed by atoms with Crippen molar-refractivity contribution in [1.29, 1.82) is 0 Å². The van der Waals surface area contributed by atoms with Gasteiger partial charge >= 0.3 is 5.69 Å². The van der Waals surface area contributed by atoms with Gasteiger partial charge in [0, 0.05) is 23.9 Å². The summed E-state index contributed by atoms with van der Waals surface area (Å²) in [5, 5.41) is 14.7. The third-order valence-electron chi connectivity index (χ3n) is 4.11. The second kappa shape index (κ2) is 5.54. The second-order valence-corrected chi connectivity index (χ2v) is 6.45. The Bertz CT molecular complexity index is 524. The van der Waals surface area contributed by atoms with E-state index in [4.69, 9.17) is 4.74 Å². The van der Waals surface area contributed by atoms with Gasteiger partial charge in [-0.25, -0.2) is 0 Å². The maximum absolute atomic E-state index is 11.1. The van der Waals surface area contributed by atoms with Crippen molar-refractivity contribution in [2.45, 2.75) is 51.7 Å². The summed E-state index contributed by atoms with van der Waals surface area (Å²) >= 11 is 0. The third-order valence-corrected chi connectivity index (χ3v) is 4.11. The average Bonchev–Trinajstić information content (AvgIpc) is 3.26. The van der Waals surface area contributed by atoms with Crippen LogP contribution in [-0.2, 0) is 0 Å². The van der Waals surface area contributed by atoms with Crippen LogP contribution in [0.25, 0.3) is 0 Å². The van der Waals surface area contributed by atoms with Gasteiger partial charge in [-0.1, -0.05) is 0 Å². The molecule has 5 nitrogen and oxygen atoms in total. The van der Waals surface area contributed by atoms with Crippen LogP contribution in [0.2, 0.25) is 0 Å². The van der Waals surface area contributed by atoms with Crippen molar-refractivity contribution in [3.63, 3.8) is 0 Å². The zero-order valence-electron chi connectivity index (χ0n) is 12.5. The number of benzene rings is 1. The summed E-state index contributed by atoms with van der Waals surface area (Å²) in [7, 11) is 0. The monoisotopic (exact) mass is 290 g/mol. The highest BCUT2D eigenvalue weighted by molar-refractivity contribution is 5.58. The molecule has 114 valence electrons. The maximum Gasteiger partial charge on any atom is 0.311 e. The van der Waals surface area contributed by atoms with E-state index in [1.165, 1.54) is 31.7 Å². The number of nitro groups is 1. The largest absolute Gasteiger partial charge is 0.484 e. The van der Waals surface area contributed by atoms with Crippen molar-refractivity contribution in [3.8, 4) is 5.75 Å². The highest BCUT2D eigenvalue weighted by atomic mass is 16.6. The summed E-state index contributed by atoms with van der Waals surface area (Å²) < 4.78 is 5.60. The Kier molecular flexibility index (Phi) is 3.74. The molecule has 0 unspecified atom stereocenters. The number of ether oxygens (including phenoxy) is 1. The van der Waals surface area contributed by atoms with Crippen molar-refractivity contribution in [3.05, 3.63) is 28.3 Å². The molecule has 0 radical (unpaired) electrons. The predicted octanol–water partition coefficient (Wildman–Crippen LogP) is 3.98. The van der Waals surface area contributed by atoms with Crippen LogP contribution in [0.3, 0.4) is 0 Å². The molecule has 0 spiro atoms. The normalized spacial score (nSPS) is 18.1. The average molecular weight is 290 g/mol. The molecule has 3 rings (SSSR count). The van der Waals surface area contributed by atoms with Crippen LogP contribution in [0.4, 0.5) is 11.4 Å². The van der Waals surface area contributed by atoms with Crippen LogP contribution in [0.1, 0.15) is 39.5 Å². The summed E-state index contributed by atoms with van der Waals surface area (Å²) in [6, 6.07) is 5.63. The number of nitrogens with zero attached hydrogens (tertiary/aromatic N) is 1. The van der Waals surface area contributed by atoms with E-state index in [0.717, 1.165) is 17.5 Å². The van der Waals surface area contributed by atoms with Gasteiger partial charge in [-0.2, -0.15) is 0 Å². The molecule has 2 aliphatic rings. The van der Waals surface area contributed by atoms with Gasteiger partial charge in [0.25, 0.3) is 0 Å². The zero-order valence-corrected chi connectivity index (χ0v) is 12.5. The Labute approximate surface area is 124 Å². The number of nitrogens with one attached hydrogen (secondary N) is 1. The predicted molar refractivity (Wildman–Crippen MR) is 81.7 cm³/mol. The fourth-order valence-corrected chi connectivity index (χ4v) is 2.83. The van der Waals surface area contributed by atoms with Gasteiger partial charge in [-0.3, -0.25) is 10.1 Å². The Morgan fingerprint density at radius 1 is 1.24 bits per heavy atom. The SMILES string of the molecule is CC(C)Oc1cc(NC(C2CC2)C2CC2)ccc1[N+](=O)[O-]. The van der Waals surface area contributed by atoms with E-state index < -0.39 is 0 Å². The van der Waals surface area contributed by atoms with Gasteiger partial charge in [0.05, 0.1) is 11.0 Å². The molecule has 1 aromatic carbocycles. The van der Waals surface area contributed by atoms with Crippen molar-refractivity contribution in [2.75, 3.05) is 5.32 Å². The molecule has 0 amide bonds. The van der Waals surface area contributed by atoms with E-state index in [0.29, 0.717) is 11.8 Å². The smallest absolute Gasteiger partial charge is 0.311 e. The summed E-state index contributed by atoms with van der Waals surface area (Å²) in [4.78, 5) is 10.7. The van der Waals surface area contributed by atoms with Crippen molar-refractivity contribution in [2.24, 2.45) is 11.8 Å². The van der Waals surface area contributed by atoms with Crippen LogP contribution in [0.5, 0.6) is 5.75 Å². The molecule has 5 heteroatoms. The topological polar surface area (TPSA) is 64.4 Å². The minimum absolute atomic E-state index is 0.0312. The molecule has 2 saturated carbocycles. The number of nitro benzene ring substituents is 1. The van der Waals surface area contributed by atoms with Crippen molar-refractivity contribution < 1.29 is 9.66 Å². The van der Waals surface area contributed by atoms with E-state index in [9.17, 15) is 10.1 Å². The number of anilines is 1. The van der Waals surface area contributed by atoms with Crippen LogP contribution < -0.4 is 10.1 Å². The molecule has 0 saturated heterocycles. The lowest BCUT2D eigenvalue weighted by atomic mass is 10.1. The molecule has 1 N–H and O–H groups in total. The van der Waals surface area contributed by atoms with E-state index in [1.807, 2.05) is 13.8 Å². The van der Waals surface area contributed by atoms with Crippen molar-refractivity contribution in [1.82, 2.24) is 0 Å². The molecule has 0 bridgehead atoms.